The summed E-state index contributed by atoms with van der Waals surface area (Å²) in [6.45, 7) is 1.22. The van der Waals surface area contributed by atoms with Gasteiger partial charge in [0.15, 0.2) is 18.9 Å². The van der Waals surface area contributed by atoms with Crippen molar-refractivity contribution in [3.05, 3.63) is 0 Å². The molecule has 43 nitrogen and oxygen atoms in total. The van der Waals surface area contributed by atoms with Crippen LogP contribution in [0.1, 0.15) is 156 Å². The first kappa shape index (κ1) is 103. The first-order valence-electron chi connectivity index (χ1n) is 39.1. The van der Waals surface area contributed by atoms with Gasteiger partial charge in [-0.25, -0.2) is 4.57 Å². The zero-order chi connectivity index (χ0) is 85.1. The van der Waals surface area contributed by atoms with Gasteiger partial charge in [0.05, 0.1) is 85.9 Å². The number of aliphatic hydroxyl groups excluding tert-OH is 9. The summed E-state index contributed by atoms with van der Waals surface area (Å²) in [6.07, 6.45) is -11.9. The molecule has 3 fully saturated rings. The van der Waals surface area contributed by atoms with Crippen molar-refractivity contribution in [3.8, 4) is 0 Å². The highest BCUT2D eigenvalue weighted by molar-refractivity contribution is 7.47. The minimum absolute atomic E-state index is 0.00842. The van der Waals surface area contributed by atoms with Gasteiger partial charge in [-0.15, -0.1) is 0 Å². The van der Waals surface area contributed by atoms with Gasteiger partial charge in [-0.2, -0.15) is 0 Å². The van der Waals surface area contributed by atoms with Gasteiger partial charge in [-0.05, 0) is 64.2 Å². The third-order valence-corrected chi connectivity index (χ3v) is 19.1. The fourth-order valence-electron chi connectivity index (χ4n) is 11.9. The zero-order valence-electron chi connectivity index (χ0n) is 66.3. The Morgan fingerprint density at radius 2 is 0.661 bits per heavy atom. The van der Waals surface area contributed by atoms with Gasteiger partial charge in [0.25, 0.3) is 0 Å². The number of ketones is 1. The molecule has 3 saturated heterocycles. The van der Waals surface area contributed by atoms with Crippen LogP contribution in [0.5, 0.6) is 0 Å². The number of Topliss-reactive ketones (excluding diaryl/α,β-unsaturated/α-hetero) is 1. The number of phosphoric acid groups is 1. The SMILES string of the molecule is COP(=O)(O)OCCCCCCNC(=O)CCCC(=O)NC(COCCC(=O)NCCCCC(=O)CCCO[C@@H]1OC(CO)[C@@H](O)[C@H](O)C1NC(C)=O)(COCCC(=O)NCCCNC(=O)CCCO[C@@H]1OC(CO)[C@@H](O)[C@H](O)C1NC(C)=O)COCCC(=O)NCCCNC(=O)CCCO[C@@H]1OC(CO)[C@@H](O)[C@H](O)C1NC(C)=O. The fourth-order valence-corrected chi connectivity index (χ4v) is 12.4. The number of nitrogens with one attached hydrogen (secondary N) is 10. The highest BCUT2D eigenvalue weighted by Gasteiger charge is 2.48. The molecule has 3 rings (SSSR count). The number of phosphoric ester groups is 1. The van der Waals surface area contributed by atoms with E-state index in [4.69, 9.17) is 47.2 Å². The number of unbranched alkanes of at least 4 members (excludes halogenated alkanes) is 4. The van der Waals surface area contributed by atoms with Crippen LogP contribution in [-0.2, 0) is 109 Å². The molecule has 16 atom stereocenters. The van der Waals surface area contributed by atoms with Gasteiger partial charge in [-0.1, -0.05) is 12.8 Å². The molecular weight excluding hydrogens is 1550 g/mol. The molecule has 0 aromatic carbocycles. The number of hydrogen-bond donors (Lipinski definition) is 20. The Morgan fingerprint density at radius 3 is 1.01 bits per heavy atom. The highest BCUT2D eigenvalue weighted by atomic mass is 31.2. The third-order valence-electron chi connectivity index (χ3n) is 18.1. The van der Waals surface area contributed by atoms with Crippen LogP contribution < -0.4 is 53.2 Å². The van der Waals surface area contributed by atoms with Gasteiger partial charge in [0.1, 0.15) is 84.4 Å². The molecule has 0 aliphatic carbocycles. The van der Waals surface area contributed by atoms with Crippen LogP contribution in [0.15, 0.2) is 0 Å². The van der Waals surface area contributed by atoms with Crippen LogP contribution in [0.25, 0.3) is 0 Å². The van der Waals surface area contributed by atoms with E-state index >= 15 is 0 Å². The smallest absolute Gasteiger partial charge is 0.394 e. The minimum Gasteiger partial charge on any atom is -0.394 e. The zero-order valence-corrected chi connectivity index (χ0v) is 67.1. The van der Waals surface area contributed by atoms with Crippen LogP contribution >= 0.6 is 7.82 Å². The Labute approximate surface area is 668 Å². The standard InChI is InChI=1S/C71H127N10O33P/c1-45(85)78-59-65(99)62(96)49(39-82)112-68(59)108-32-12-18-48(88)17-7-9-27-73-55(92)23-36-105-42-71(81-58(95)20-11-19-52(89)72-26-8-5-6-10-35-111-115(102,103)104-4,43-106-37-24-56(93)76-30-15-28-74-53(90)21-13-33-109-69-60(79-46(2)86)66(100)63(97)50(40-83)113-69)44-107-38-25-57(94)77-31-16-29-75-54(91)22-14-34-110-70-61(80-47(3)87)67(101)64(98)51(41-84)114-70/h49-51,59-70,82-84,96-101H,5-44H2,1-4H3,(H,72,89)(H,73,92)(H,74,90)(H,75,91)(H,76,93)(H,77,94)(H,78,85)(H,79,86)(H,80,87)(H,81,95)(H,102,103)/t49?,50?,51?,59?,60?,61?,62-,63-,64-,65-,66-,67-,68-,69-,70-,71?/m1/s1. The molecule has 0 radical (unpaired) electrons. The number of hydrogen-bond acceptors (Lipinski definition) is 32. The monoisotopic (exact) mass is 1680 g/mol. The number of ether oxygens (including phenoxy) is 9. The lowest BCUT2D eigenvalue weighted by Crippen LogP contribution is -2.64. The van der Waals surface area contributed by atoms with Crippen molar-refractivity contribution >= 4 is 72.7 Å². The topological polar surface area (TPSA) is 629 Å². The van der Waals surface area contributed by atoms with Gasteiger partial charge in [0.2, 0.25) is 59.1 Å². The van der Waals surface area contributed by atoms with E-state index in [1.807, 2.05) is 0 Å². The van der Waals surface area contributed by atoms with Crippen LogP contribution in [0.4, 0.5) is 0 Å². The summed E-state index contributed by atoms with van der Waals surface area (Å²) >= 11 is 0. The molecule has 10 amide bonds. The van der Waals surface area contributed by atoms with E-state index in [0.717, 1.165) is 7.11 Å². The first-order chi connectivity index (χ1) is 54.9. The van der Waals surface area contributed by atoms with E-state index in [1.165, 1.54) is 20.8 Å². The lowest BCUT2D eigenvalue weighted by molar-refractivity contribution is -0.270. The third kappa shape index (κ3) is 43.3. The summed E-state index contributed by atoms with van der Waals surface area (Å²) < 4.78 is 72.5. The quantitative estimate of drug-likeness (QED) is 0.0199. The molecule has 0 spiro atoms. The van der Waals surface area contributed by atoms with E-state index in [9.17, 15) is 108 Å². The van der Waals surface area contributed by atoms with Crippen molar-refractivity contribution in [1.29, 1.82) is 0 Å². The molecule has 7 unspecified atom stereocenters. The second kappa shape index (κ2) is 58.6. The van der Waals surface area contributed by atoms with Crippen molar-refractivity contribution in [3.63, 3.8) is 0 Å². The number of carbonyl (C=O) groups excluding carboxylic acids is 11. The molecule has 3 aliphatic rings. The molecule has 0 aromatic heterocycles. The molecular formula is C71H127N10O33P. The number of aliphatic hydroxyl groups is 9. The molecule has 0 bridgehead atoms. The summed E-state index contributed by atoms with van der Waals surface area (Å²) in [6, 6.07) is -3.43. The molecule has 0 saturated carbocycles. The molecule has 3 heterocycles. The highest BCUT2D eigenvalue weighted by Crippen LogP contribution is 2.42. The molecule has 20 N–H and O–H groups in total. The fraction of sp³-hybridized carbons (Fsp3) is 0.845. The van der Waals surface area contributed by atoms with E-state index in [-0.39, 0.29) is 206 Å². The summed E-state index contributed by atoms with van der Waals surface area (Å²) in [5.41, 5.74) is -1.55. The van der Waals surface area contributed by atoms with Gasteiger partial charge in [-0.3, -0.25) is 61.8 Å². The van der Waals surface area contributed by atoms with Crippen molar-refractivity contribution < 1.29 is 160 Å². The number of carbonyl (C=O) groups is 11. The second-order valence-corrected chi connectivity index (χ2v) is 29.6. The normalized spacial score (nSPS) is 24.4. The average Bonchev–Trinajstić information content (AvgIpc) is 0.814. The van der Waals surface area contributed by atoms with Crippen LogP contribution in [0.2, 0.25) is 0 Å². The predicted molar refractivity (Wildman–Crippen MR) is 400 cm³/mol. The first-order valence-corrected chi connectivity index (χ1v) is 40.6. The van der Waals surface area contributed by atoms with Crippen LogP contribution in [0.3, 0.4) is 0 Å². The van der Waals surface area contributed by atoms with Crippen LogP contribution in [0, 0.1) is 0 Å². The van der Waals surface area contributed by atoms with Gasteiger partial charge < -0.3 is 147 Å². The Bertz CT molecular complexity index is 2700. The summed E-state index contributed by atoms with van der Waals surface area (Å²) in [7, 11) is -3.03. The molecule has 664 valence electrons. The van der Waals surface area contributed by atoms with Crippen molar-refractivity contribution in [2.24, 2.45) is 0 Å². The summed E-state index contributed by atoms with van der Waals surface area (Å²) in [5, 5.41) is 118. The molecule has 0 aromatic rings. The maximum atomic E-state index is 13.9. The average molecular weight is 1680 g/mol. The van der Waals surface area contributed by atoms with E-state index in [1.54, 1.807) is 0 Å². The van der Waals surface area contributed by atoms with Crippen molar-refractivity contribution in [2.45, 2.75) is 253 Å². The van der Waals surface area contributed by atoms with E-state index < -0.39 is 166 Å². The molecule has 3 aliphatic heterocycles. The lowest BCUT2D eigenvalue weighted by atomic mass is 9.97. The summed E-state index contributed by atoms with van der Waals surface area (Å²) in [5.74, 6) is -4.51. The van der Waals surface area contributed by atoms with Crippen molar-refractivity contribution in [1.82, 2.24) is 53.2 Å². The van der Waals surface area contributed by atoms with E-state index in [2.05, 4.69) is 57.7 Å². The van der Waals surface area contributed by atoms with E-state index in [0.29, 0.717) is 57.9 Å². The number of rotatable bonds is 63. The Balaban J connectivity index is 1.61. The van der Waals surface area contributed by atoms with Gasteiger partial charge in [0, 0.05) is 125 Å². The Kier molecular flexibility index (Phi) is 52.5. The Morgan fingerprint density at radius 1 is 0.357 bits per heavy atom. The molecule has 115 heavy (non-hydrogen) atoms. The maximum absolute atomic E-state index is 13.9. The molecule has 44 heteroatoms. The predicted octanol–water partition coefficient (Wildman–Crippen LogP) is -6.01. The van der Waals surface area contributed by atoms with Gasteiger partial charge >= 0.3 is 7.82 Å². The Hall–Kier alpha value is -6.24. The summed E-state index contributed by atoms with van der Waals surface area (Å²) in [4.78, 5) is 149. The minimum atomic E-state index is -4.09. The maximum Gasteiger partial charge on any atom is 0.471 e. The van der Waals surface area contributed by atoms with Crippen molar-refractivity contribution in [2.75, 3.05) is 132 Å². The largest absolute Gasteiger partial charge is 0.471 e. The second-order valence-electron chi connectivity index (χ2n) is 28.0. The van der Waals surface area contributed by atoms with Crippen LogP contribution in [-0.4, -0.2) is 345 Å². The lowest BCUT2D eigenvalue weighted by Gasteiger charge is -2.42. The number of amides is 10.